The summed E-state index contributed by atoms with van der Waals surface area (Å²) in [7, 11) is 1.52. The molecule has 0 aliphatic carbocycles. The number of anilines is 1. The van der Waals surface area contributed by atoms with Gasteiger partial charge >= 0.3 is 0 Å². The second-order valence-corrected chi connectivity index (χ2v) is 9.95. The number of benzene rings is 1. The third-order valence-corrected chi connectivity index (χ3v) is 7.57. The van der Waals surface area contributed by atoms with Crippen LogP contribution in [0.3, 0.4) is 0 Å². The first-order valence-corrected chi connectivity index (χ1v) is 12.6. The van der Waals surface area contributed by atoms with Crippen molar-refractivity contribution in [2.24, 2.45) is 5.92 Å². The van der Waals surface area contributed by atoms with E-state index in [-0.39, 0.29) is 11.8 Å². The quantitative estimate of drug-likeness (QED) is 0.437. The van der Waals surface area contributed by atoms with E-state index in [1.807, 2.05) is 24.3 Å². The van der Waals surface area contributed by atoms with Crippen molar-refractivity contribution in [3.05, 3.63) is 53.6 Å². The zero-order chi connectivity index (χ0) is 24.4. The Kier molecular flexibility index (Phi) is 7.14. The van der Waals surface area contributed by atoms with Gasteiger partial charge in [-0.15, -0.1) is 11.8 Å². The molecule has 4 heterocycles. The van der Waals surface area contributed by atoms with Crippen LogP contribution in [0.15, 0.2) is 41.4 Å². The maximum Gasteiger partial charge on any atom is 0.235 e. The van der Waals surface area contributed by atoms with Gasteiger partial charge in [-0.3, -0.25) is 9.78 Å². The molecule has 2 aliphatic heterocycles. The molecule has 1 aromatic carbocycles. The summed E-state index contributed by atoms with van der Waals surface area (Å²) < 4.78 is 19.6. The van der Waals surface area contributed by atoms with E-state index in [2.05, 4.69) is 25.5 Å². The highest BCUT2D eigenvalue weighted by Gasteiger charge is 2.30. The molecule has 8 nitrogen and oxygen atoms in total. The normalized spacial score (nSPS) is 20.1. The molecule has 3 aromatic rings. The molecule has 184 valence electrons. The number of methoxy groups -OCH3 is 1. The summed E-state index contributed by atoms with van der Waals surface area (Å²) in [5.74, 6) is 1.21. The number of nitrogens with zero attached hydrogens (tertiary/aromatic N) is 3. The number of rotatable bonds is 8. The SMILES string of the molecule is COc1cc(F)c2nccc(CCN3CC(CNCc4ccc5c(n4)NC(=O)CS5)[C@H](O)C3)c2c1. The lowest BCUT2D eigenvalue weighted by atomic mass is 10.1. The minimum absolute atomic E-state index is 0.0293. The van der Waals surface area contributed by atoms with E-state index < -0.39 is 11.9 Å². The number of likely N-dealkylation sites (tertiary alicyclic amines) is 1. The van der Waals surface area contributed by atoms with E-state index in [0.29, 0.717) is 42.5 Å². The second kappa shape index (κ2) is 10.4. The van der Waals surface area contributed by atoms with E-state index in [4.69, 9.17) is 4.74 Å². The highest BCUT2D eigenvalue weighted by atomic mass is 32.2. The van der Waals surface area contributed by atoms with Crippen LogP contribution in [-0.4, -0.2) is 71.0 Å². The van der Waals surface area contributed by atoms with Crippen molar-refractivity contribution >= 4 is 34.4 Å². The molecule has 2 aliphatic rings. The molecular weight excluding hydrogens is 469 g/mol. The molecule has 2 atom stereocenters. The molecule has 1 fully saturated rings. The number of amides is 1. The van der Waals surface area contributed by atoms with Crippen LogP contribution in [0.5, 0.6) is 5.75 Å². The summed E-state index contributed by atoms with van der Waals surface area (Å²) in [5.41, 5.74) is 2.21. The lowest BCUT2D eigenvalue weighted by Crippen LogP contribution is -2.30. The molecule has 1 amide bonds. The number of thioether (sulfide) groups is 1. The van der Waals surface area contributed by atoms with Gasteiger partial charge in [0.15, 0.2) is 5.82 Å². The number of nitrogens with one attached hydrogen (secondary N) is 2. The fraction of sp³-hybridized carbons (Fsp3) is 0.400. The molecule has 3 N–H and O–H groups in total. The minimum atomic E-state index is -0.415. The molecule has 1 unspecified atom stereocenters. The maximum absolute atomic E-state index is 14.4. The Morgan fingerprint density at radius 2 is 2.20 bits per heavy atom. The van der Waals surface area contributed by atoms with Crippen LogP contribution >= 0.6 is 11.8 Å². The minimum Gasteiger partial charge on any atom is -0.497 e. The second-order valence-electron chi connectivity index (χ2n) is 8.93. The molecule has 2 aromatic heterocycles. The monoisotopic (exact) mass is 497 g/mol. The van der Waals surface area contributed by atoms with Gasteiger partial charge in [0.1, 0.15) is 17.1 Å². The van der Waals surface area contributed by atoms with Crippen molar-refractivity contribution in [1.29, 1.82) is 0 Å². The number of pyridine rings is 2. The molecule has 0 radical (unpaired) electrons. The molecule has 35 heavy (non-hydrogen) atoms. The summed E-state index contributed by atoms with van der Waals surface area (Å²) in [6.45, 7) is 3.37. The number of halogens is 1. The highest BCUT2D eigenvalue weighted by Crippen LogP contribution is 2.30. The Balaban J connectivity index is 1.15. The van der Waals surface area contributed by atoms with Gasteiger partial charge in [0.2, 0.25) is 5.91 Å². The van der Waals surface area contributed by atoms with Crippen LogP contribution in [0.25, 0.3) is 10.9 Å². The summed E-state index contributed by atoms with van der Waals surface area (Å²) in [6.07, 6.45) is 1.94. The average Bonchev–Trinajstić information content (AvgIpc) is 3.21. The summed E-state index contributed by atoms with van der Waals surface area (Å²) in [6, 6.07) is 9.04. The van der Waals surface area contributed by atoms with Gasteiger partial charge in [0, 0.05) is 56.3 Å². The van der Waals surface area contributed by atoms with E-state index in [9.17, 15) is 14.3 Å². The Morgan fingerprint density at radius 1 is 1.31 bits per heavy atom. The van der Waals surface area contributed by atoms with Crippen LogP contribution in [-0.2, 0) is 17.8 Å². The van der Waals surface area contributed by atoms with Crippen LogP contribution in [0, 0.1) is 11.7 Å². The summed E-state index contributed by atoms with van der Waals surface area (Å²) >= 11 is 1.49. The lowest BCUT2D eigenvalue weighted by molar-refractivity contribution is -0.113. The van der Waals surface area contributed by atoms with Crippen molar-refractivity contribution in [3.8, 4) is 5.75 Å². The molecule has 10 heteroatoms. The summed E-state index contributed by atoms with van der Waals surface area (Å²) in [5, 5.41) is 17.6. The molecule has 1 saturated heterocycles. The number of carbonyl (C=O) groups excluding carboxylic acids is 1. The fourth-order valence-corrected chi connectivity index (χ4v) is 5.43. The average molecular weight is 498 g/mol. The number of β-amino-alcohol motifs (C(OH)–C–C–N with tert-alkyl or cyclic N) is 1. The number of carbonyl (C=O) groups is 1. The van der Waals surface area contributed by atoms with Crippen LogP contribution < -0.4 is 15.4 Å². The molecule has 0 saturated carbocycles. The topological polar surface area (TPSA) is 99.6 Å². The summed E-state index contributed by atoms with van der Waals surface area (Å²) in [4.78, 5) is 23.5. The Morgan fingerprint density at radius 3 is 3.06 bits per heavy atom. The lowest BCUT2D eigenvalue weighted by Gasteiger charge is -2.18. The number of aromatic nitrogens is 2. The van der Waals surface area contributed by atoms with Gasteiger partial charge < -0.3 is 25.4 Å². The Bertz CT molecular complexity index is 1240. The number of hydrogen-bond acceptors (Lipinski definition) is 8. The van der Waals surface area contributed by atoms with Gasteiger partial charge in [-0.05, 0) is 36.2 Å². The van der Waals surface area contributed by atoms with Gasteiger partial charge in [-0.2, -0.15) is 0 Å². The maximum atomic E-state index is 14.4. The zero-order valence-electron chi connectivity index (χ0n) is 19.5. The van der Waals surface area contributed by atoms with Crippen molar-refractivity contribution < 1.29 is 19.0 Å². The Hall–Kier alpha value is -2.79. The predicted molar refractivity (Wildman–Crippen MR) is 133 cm³/mol. The van der Waals surface area contributed by atoms with Gasteiger partial charge in [-0.25, -0.2) is 9.37 Å². The molecule has 0 spiro atoms. The largest absolute Gasteiger partial charge is 0.497 e. The number of fused-ring (bicyclic) bond motifs is 2. The first-order chi connectivity index (χ1) is 17.0. The van der Waals surface area contributed by atoms with E-state index in [1.54, 1.807) is 6.20 Å². The number of hydrogen-bond donors (Lipinski definition) is 3. The van der Waals surface area contributed by atoms with Crippen molar-refractivity contribution in [3.63, 3.8) is 0 Å². The van der Waals surface area contributed by atoms with Gasteiger partial charge in [-0.1, -0.05) is 0 Å². The smallest absolute Gasteiger partial charge is 0.235 e. The van der Waals surface area contributed by atoms with E-state index >= 15 is 0 Å². The van der Waals surface area contributed by atoms with Crippen LogP contribution in [0.1, 0.15) is 11.3 Å². The first-order valence-electron chi connectivity index (χ1n) is 11.6. The number of ether oxygens (including phenoxy) is 1. The third kappa shape index (κ3) is 5.40. The molecular formula is C25H28FN5O3S. The molecule has 0 bridgehead atoms. The van der Waals surface area contributed by atoms with Crippen molar-refractivity contribution in [2.45, 2.75) is 24.0 Å². The fourth-order valence-electron chi connectivity index (χ4n) is 4.67. The highest BCUT2D eigenvalue weighted by molar-refractivity contribution is 8.00. The zero-order valence-corrected chi connectivity index (χ0v) is 20.3. The number of aliphatic hydroxyl groups is 1. The number of aliphatic hydroxyl groups excluding tert-OH is 1. The first kappa shape index (κ1) is 23.9. The van der Waals surface area contributed by atoms with Gasteiger partial charge in [0.05, 0.1) is 29.6 Å². The van der Waals surface area contributed by atoms with E-state index in [1.165, 1.54) is 24.9 Å². The van der Waals surface area contributed by atoms with E-state index in [0.717, 1.165) is 41.0 Å². The van der Waals surface area contributed by atoms with Gasteiger partial charge in [0.25, 0.3) is 0 Å². The predicted octanol–water partition coefficient (Wildman–Crippen LogP) is 2.45. The third-order valence-electron chi connectivity index (χ3n) is 6.52. The Labute approximate surface area is 207 Å². The standard InChI is InChI=1S/C25H28FN5O3S/c1-34-18-8-19-15(4-6-28-24(19)20(26)9-18)5-7-31-12-16(21(32)13-31)10-27-11-17-2-3-22-25(29-17)30-23(33)14-35-22/h2-4,6,8-9,16,21,27,32H,5,7,10-14H2,1H3,(H,29,30,33)/t16?,21-/m1/s1. The van der Waals surface area contributed by atoms with Crippen LogP contribution in [0.2, 0.25) is 0 Å². The van der Waals surface area contributed by atoms with Crippen LogP contribution in [0.4, 0.5) is 10.2 Å². The molecule has 5 rings (SSSR count). The van der Waals surface area contributed by atoms with Crippen molar-refractivity contribution in [1.82, 2.24) is 20.2 Å². The van der Waals surface area contributed by atoms with Crippen molar-refractivity contribution in [2.75, 3.05) is 44.4 Å².